The summed E-state index contributed by atoms with van der Waals surface area (Å²) in [6.45, 7) is 6.88. The van der Waals surface area contributed by atoms with E-state index >= 15 is 0 Å². The first-order chi connectivity index (χ1) is 5.57. The van der Waals surface area contributed by atoms with Gasteiger partial charge in [0.2, 0.25) is 0 Å². The van der Waals surface area contributed by atoms with Gasteiger partial charge in [-0.3, -0.25) is 0 Å². The van der Waals surface area contributed by atoms with E-state index < -0.39 is 0 Å². The number of hydrogen-bond acceptors (Lipinski definition) is 2. The van der Waals surface area contributed by atoms with Crippen molar-refractivity contribution >= 4 is 5.71 Å². The highest BCUT2D eigenvalue weighted by Crippen LogP contribution is 2.60. The van der Waals surface area contributed by atoms with Crippen LogP contribution in [0.2, 0.25) is 0 Å². The average Bonchev–Trinajstić information content (AvgIpc) is 2.03. The molecule has 3 fully saturated rings. The van der Waals surface area contributed by atoms with E-state index in [1.54, 1.807) is 0 Å². The number of oxime groups is 1. The van der Waals surface area contributed by atoms with Crippen molar-refractivity contribution in [1.82, 2.24) is 0 Å². The summed E-state index contributed by atoms with van der Waals surface area (Å²) in [6.07, 6.45) is 2.36. The molecular formula is C10H17NO. The van der Waals surface area contributed by atoms with E-state index in [4.69, 9.17) is 5.21 Å². The van der Waals surface area contributed by atoms with Crippen LogP contribution < -0.4 is 0 Å². The Morgan fingerprint density at radius 3 is 2.58 bits per heavy atom. The maximum absolute atomic E-state index is 8.76. The summed E-state index contributed by atoms with van der Waals surface area (Å²) >= 11 is 0. The number of rotatable bonds is 0. The first-order valence-electron chi connectivity index (χ1n) is 4.78. The molecule has 0 unspecified atom stereocenters. The molecule has 0 aromatic rings. The van der Waals surface area contributed by atoms with Gasteiger partial charge in [0, 0.05) is 5.92 Å². The molecule has 3 saturated carbocycles. The molecule has 1 N–H and O–H groups in total. The Labute approximate surface area is 73.7 Å². The van der Waals surface area contributed by atoms with Crippen molar-refractivity contribution in [2.75, 3.05) is 0 Å². The van der Waals surface area contributed by atoms with Gasteiger partial charge in [0.15, 0.2) is 0 Å². The van der Waals surface area contributed by atoms with Crippen LogP contribution in [-0.2, 0) is 0 Å². The Morgan fingerprint density at radius 1 is 1.50 bits per heavy atom. The van der Waals surface area contributed by atoms with Gasteiger partial charge in [0.05, 0.1) is 5.71 Å². The van der Waals surface area contributed by atoms with Crippen molar-refractivity contribution in [3.63, 3.8) is 0 Å². The molecule has 0 saturated heterocycles. The van der Waals surface area contributed by atoms with Crippen molar-refractivity contribution in [3.05, 3.63) is 0 Å². The SMILES string of the molecule is C[C@@H]1/C(=N\O)C[C@H]2C[C@@H]1C2(C)C. The number of fused-ring (bicyclic) bond motifs is 2. The Hall–Kier alpha value is -0.530. The van der Waals surface area contributed by atoms with Crippen LogP contribution >= 0.6 is 0 Å². The topological polar surface area (TPSA) is 32.6 Å². The zero-order chi connectivity index (χ0) is 8.93. The largest absolute Gasteiger partial charge is 0.411 e. The molecular weight excluding hydrogens is 150 g/mol. The normalized spacial score (nSPS) is 47.2. The van der Waals surface area contributed by atoms with Crippen molar-refractivity contribution in [1.29, 1.82) is 0 Å². The summed E-state index contributed by atoms with van der Waals surface area (Å²) in [7, 11) is 0. The molecule has 12 heavy (non-hydrogen) atoms. The summed E-state index contributed by atoms with van der Waals surface area (Å²) < 4.78 is 0. The minimum atomic E-state index is 0.494. The van der Waals surface area contributed by atoms with Crippen LogP contribution in [0.5, 0.6) is 0 Å². The molecule has 0 radical (unpaired) electrons. The van der Waals surface area contributed by atoms with Crippen LogP contribution in [0.3, 0.4) is 0 Å². The first-order valence-corrected chi connectivity index (χ1v) is 4.78. The molecule has 68 valence electrons. The molecule has 0 aromatic heterocycles. The van der Waals surface area contributed by atoms with Gasteiger partial charge in [-0.25, -0.2) is 0 Å². The molecule has 0 aromatic carbocycles. The third-order valence-electron chi connectivity index (χ3n) is 4.26. The zero-order valence-electron chi connectivity index (χ0n) is 8.04. The summed E-state index contributed by atoms with van der Waals surface area (Å²) in [5.74, 6) is 2.02. The van der Waals surface area contributed by atoms with E-state index in [1.165, 1.54) is 6.42 Å². The van der Waals surface area contributed by atoms with Gasteiger partial charge in [-0.05, 0) is 30.1 Å². The fourth-order valence-electron chi connectivity index (χ4n) is 3.05. The predicted molar refractivity (Wildman–Crippen MR) is 48.4 cm³/mol. The Bertz CT molecular complexity index is 232. The van der Waals surface area contributed by atoms with Crippen molar-refractivity contribution < 1.29 is 5.21 Å². The maximum Gasteiger partial charge on any atom is 0.0604 e. The molecule has 0 heterocycles. The van der Waals surface area contributed by atoms with Crippen molar-refractivity contribution in [2.24, 2.45) is 28.3 Å². The smallest absolute Gasteiger partial charge is 0.0604 e. The molecule has 0 amide bonds. The minimum absolute atomic E-state index is 0.494. The highest BCUT2D eigenvalue weighted by atomic mass is 16.4. The van der Waals surface area contributed by atoms with Crippen LogP contribution in [0.15, 0.2) is 5.16 Å². The second kappa shape index (κ2) is 2.24. The molecule has 3 aliphatic rings. The van der Waals surface area contributed by atoms with E-state index in [9.17, 15) is 0 Å². The lowest BCUT2D eigenvalue weighted by atomic mass is 9.45. The molecule has 3 rings (SSSR count). The van der Waals surface area contributed by atoms with Crippen LogP contribution in [0.4, 0.5) is 0 Å². The van der Waals surface area contributed by atoms with E-state index in [0.717, 1.165) is 24.0 Å². The Kier molecular flexibility index (Phi) is 1.51. The number of nitrogens with zero attached hydrogens (tertiary/aromatic N) is 1. The van der Waals surface area contributed by atoms with Gasteiger partial charge < -0.3 is 5.21 Å². The average molecular weight is 167 g/mol. The number of hydrogen-bond donors (Lipinski definition) is 1. The van der Waals surface area contributed by atoms with Gasteiger partial charge in [0.1, 0.15) is 0 Å². The summed E-state index contributed by atoms with van der Waals surface area (Å²) in [5.41, 5.74) is 1.52. The van der Waals surface area contributed by atoms with Gasteiger partial charge in [-0.2, -0.15) is 0 Å². The molecule has 2 nitrogen and oxygen atoms in total. The van der Waals surface area contributed by atoms with Crippen LogP contribution in [-0.4, -0.2) is 10.9 Å². The van der Waals surface area contributed by atoms with Crippen LogP contribution in [0, 0.1) is 23.2 Å². The van der Waals surface area contributed by atoms with Crippen LogP contribution in [0.1, 0.15) is 33.6 Å². The Morgan fingerprint density at radius 2 is 2.17 bits per heavy atom. The Balaban J connectivity index is 2.22. The molecule has 3 aliphatic carbocycles. The lowest BCUT2D eigenvalue weighted by Crippen LogP contribution is -2.55. The van der Waals surface area contributed by atoms with E-state index in [1.807, 2.05) is 0 Å². The fraction of sp³-hybridized carbons (Fsp3) is 0.900. The summed E-state index contributed by atoms with van der Waals surface area (Å²) in [6, 6.07) is 0. The van der Waals surface area contributed by atoms with Gasteiger partial charge in [0.25, 0.3) is 0 Å². The summed E-state index contributed by atoms with van der Waals surface area (Å²) in [5, 5.41) is 12.1. The lowest BCUT2D eigenvalue weighted by Gasteiger charge is -2.59. The molecule has 0 aliphatic heterocycles. The van der Waals surface area contributed by atoms with Gasteiger partial charge in [-0.1, -0.05) is 25.9 Å². The third-order valence-corrected chi connectivity index (χ3v) is 4.26. The molecule has 2 bridgehead atoms. The second-order valence-electron chi connectivity index (χ2n) is 4.94. The first kappa shape index (κ1) is 8.09. The summed E-state index contributed by atoms with van der Waals surface area (Å²) in [4.78, 5) is 0. The zero-order valence-corrected chi connectivity index (χ0v) is 8.04. The van der Waals surface area contributed by atoms with Crippen molar-refractivity contribution in [3.8, 4) is 0 Å². The lowest BCUT2D eigenvalue weighted by molar-refractivity contribution is -0.0534. The quantitative estimate of drug-likeness (QED) is 0.436. The van der Waals surface area contributed by atoms with E-state index in [-0.39, 0.29) is 0 Å². The van der Waals surface area contributed by atoms with E-state index in [2.05, 4.69) is 25.9 Å². The van der Waals surface area contributed by atoms with Crippen molar-refractivity contribution in [2.45, 2.75) is 33.6 Å². The highest BCUT2D eigenvalue weighted by molar-refractivity contribution is 5.88. The van der Waals surface area contributed by atoms with Gasteiger partial charge >= 0.3 is 0 Å². The molecule has 2 heteroatoms. The standard InChI is InChI=1S/C10H17NO/c1-6-8-4-7(10(8,2)3)5-9(6)11-12/h6-8,12H,4-5H2,1-3H3/b11-9-/t6-,7+,8-/m0/s1. The second-order valence-corrected chi connectivity index (χ2v) is 4.94. The van der Waals surface area contributed by atoms with Crippen LogP contribution in [0.25, 0.3) is 0 Å². The molecule has 3 atom stereocenters. The van der Waals surface area contributed by atoms with E-state index in [0.29, 0.717) is 11.3 Å². The maximum atomic E-state index is 8.76. The third kappa shape index (κ3) is 0.782. The molecule has 0 spiro atoms. The predicted octanol–water partition coefficient (Wildman–Crippen LogP) is 2.52. The fourth-order valence-corrected chi connectivity index (χ4v) is 3.05. The monoisotopic (exact) mass is 167 g/mol. The highest BCUT2D eigenvalue weighted by Gasteiger charge is 2.55. The van der Waals surface area contributed by atoms with Gasteiger partial charge in [-0.15, -0.1) is 0 Å². The minimum Gasteiger partial charge on any atom is -0.411 e.